The van der Waals surface area contributed by atoms with E-state index in [1.807, 2.05) is 60.8 Å². The van der Waals surface area contributed by atoms with Crippen LogP contribution in [0.15, 0.2) is 71.7 Å². The molecular weight excluding hydrogens is 376 g/mol. The molecule has 30 heavy (non-hydrogen) atoms. The number of hydrogen-bond donors (Lipinski definition) is 0. The second-order valence-corrected chi connectivity index (χ2v) is 7.19. The Morgan fingerprint density at radius 2 is 1.57 bits per heavy atom. The predicted molar refractivity (Wildman–Crippen MR) is 121 cm³/mol. The van der Waals surface area contributed by atoms with Crippen molar-refractivity contribution >= 4 is 17.6 Å². The zero-order chi connectivity index (χ0) is 20.8. The van der Waals surface area contributed by atoms with Gasteiger partial charge in [-0.3, -0.25) is 4.99 Å². The molecule has 4 rings (SSSR count). The Kier molecular flexibility index (Phi) is 6.30. The van der Waals surface area contributed by atoms with Crippen LogP contribution in [-0.2, 0) is 4.74 Å². The molecule has 0 atom stereocenters. The Morgan fingerprint density at radius 3 is 2.23 bits per heavy atom. The van der Waals surface area contributed by atoms with E-state index in [0.29, 0.717) is 0 Å². The number of morpholine rings is 1. The summed E-state index contributed by atoms with van der Waals surface area (Å²) >= 11 is 0. The fourth-order valence-electron chi connectivity index (χ4n) is 3.31. The van der Waals surface area contributed by atoms with E-state index in [4.69, 9.17) is 14.2 Å². The first kappa shape index (κ1) is 20.0. The van der Waals surface area contributed by atoms with Crippen molar-refractivity contribution in [1.82, 2.24) is 0 Å². The van der Waals surface area contributed by atoms with Gasteiger partial charge in [0.15, 0.2) is 0 Å². The topological polar surface area (TPSA) is 43.3 Å². The quantitative estimate of drug-likeness (QED) is 0.519. The van der Waals surface area contributed by atoms with E-state index in [9.17, 15) is 0 Å². The standard InChI is InChI=1S/C25H26N2O3/c1-19-3-9-23(10-4-19)30-24-11-6-21(7-12-24)26-18-20-5-8-22(17-25(20)28-2)27-13-15-29-16-14-27/h3-12,17-18H,13-16H2,1-2H3. The zero-order valence-corrected chi connectivity index (χ0v) is 17.4. The number of aryl methyl sites for hydroxylation is 1. The smallest absolute Gasteiger partial charge is 0.129 e. The Balaban J connectivity index is 1.44. The maximum absolute atomic E-state index is 5.87. The molecule has 5 nitrogen and oxygen atoms in total. The molecule has 0 aromatic heterocycles. The lowest BCUT2D eigenvalue weighted by Gasteiger charge is -2.29. The number of aliphatic imine (C=N–C) groups is 1. The van der Waals surface area contributed by atoms with Crippen LogP contribution in [0.5, 0.6) is 17.2 Å². The summed E-state index contributed by atoms with van der Waals surface area (Å²) in [5.41, 5.74) is 4.14. The molecule has 1 fully saturated rings. The molecule has 154 valence electrons. The van der Waals surface area contributed by atoms with Crippen molar-refractivity contribution in [2.45, 2.75) is 6.92 Å². The Bertz CT molecular complexity index is 992. The SMILES string of the molecule is COc1cc(N2CCOCC2)ccc1C=Nc1ccc(Oc2ccc(C)cc2)cc1. The van der Waals surface area contributed by atoms with E-state index >= 15 is 0 Å². The van der Waals surface area contributed by atoms with Gasteiger partial charge in [0.2, 0.25) is 0 Å². The summed E-state index contributed by atoms with van der Waals surface area (Å²) in [7, 11) is 1.69. The van der Waals surface area contributed by atoms with E-state index in [-0.39, 0.29) is 0 Å². The summed E-state index contributed by atoms with van der Waals surface area (Å²) in [5.74, 6) is 2.41. The molecule has 0 spiro atoms. The van der Waals surface area contributed by atoms with Gasteiger partial charge in [-0.15, -0.1) is 0 Å². The number of methoxy groups -OCH3 is 1. The van der Waals surface area contributed by atoms with Gasteiger partial charge < -0.3 is 19.1 Å². The average Bonchev–Trinajstić information content (AvgIpc) is 2.80. The monoisotopic (exact) mass is 402 g/mol. The van der Waals surface area contributed by atoms with Gasteiger partial charge in [-0.25, -0.2) is 0 Å². The van der Waals surface area contributed by atoms with Crippen LogP contribution in [0.1, 0.15) is 11.1 Å². The molecular formula is C25H26N2O3. The van der Waals surface area contributed by atoms with Crippen molar-refractivity contribution < 1.29 is 14.2 Å². The number of anilines is 1. The fraction of sp³-hybridized carbons (Fsp3) is 0.240. The lowest BCUT2D eigenvalue weighted by molar-refractivity contribution is 0.122. The maximum atomic E-state index is 5.87. The van der Waals surface area contributed by atoms with Gasteiger partial charge in [0.25, 0.3) is 0 Å². The molecule has 0 radical (unpaired) electrons. The fourth-order valence-corrected chi connectivity index (χ4v) is 3.31. The van der Waals surface area contributed by atoms with Crippen molar-refractivity contribution in [3.63, 3.8) is 0 Å². The first-order chi connectivity index (χ1) is 14.7. The number of nitrogens with zero attached hydrogens (tertiary/aromatic N) is 2. The highest BCUT2D eigenvalue weighted by atomic mass is 16.5. The van der Waals surface area contributed by atoms with Crippen molar-refractivity contribution in [2.75, 3.05) is 38.3 Å². The van der Waals surface area contributed by atoms with E-state index in [2.05, 4.69) is 28.9 Å². The van der Waals surface area contributed by atoms with Gasteiger partial charge in [-0.1, -0.05) is 17.7 Å². The lowest BCUT2D eigenvalue weighted by atomic mass is 10.1. The Morgan fingerprint density at radius 1 is 0.900 bits per heavy atom. The van der Waals surface area contributed by atoms with Gasteiger partial charge in [-0.2, -0.15) is 0 Å². The van der Waals surface area contributed by atoms with Crippen LogP contribution in [0.25, 0.3) is 0 Å². The third kappa shape index (κ3) is 4.99. The van der Waals surface area contributed by atoms with Crippen molar-refractivity contribution in [1.29, 1.82) is 0 Å². The molecule has 0 amide bonds. The third-order valence-corrected chi connectivity index (χ3v) is 5.04. The van der Waals surface area contributed by atoms with Crippen molar-refractivity contribution in [3.05, 3.63) is 77.9 Å². The van der Waals surface area contributed by atoms with Crippen molar-refractivity contribution in [2.24, 2.45) is 4.99 Å². The van der Waals surface area contributed by atoms with Crippen LogP contribution in [0.4, 0.5) is 11.4 Å². The predicted octanol–water partition coefficient (Wildman–Crippen LogP) is 5.38. The highest BCUT2D eigenvalue weighted by Gasteiger charge is 2.13. The molecule has 1 aliphatic rings. The summed E-state index contributed by atoms with van der Waals surface area (Å²) in [6.07, 6.45) is 1.83. The van der Waals surface area contributed by atoms with Crippen LogP contribution in [0.2, 0.25) is 0 Å². The minimum Gasteiger partial charge on any atom is -0.496 e. The summed E-state index contributed by atoms with van der Waals surface area (Å²) in [6.45, 7) is 5.37. The van der Waals surface area contributed by atoms with Gasteiger partial charge in [-0.05, 0) is 55.5 Å². The summed E-state index contributed by atoms with van der Waals surface area (Å²) < 4.78 is 16.9. The molecule has 1 aliphatic heterocycles. The van der Waals surface area contributed by atoms with Gasteiger partial charge in [0, 0.05) is 36.6 Å². The number of benzene rings is 3. The molecule has 0 aliphatic carbocycles. The Labute approximate surface area is 177 Å². The minimum atomic E-state index is 0.759. The minimum absolute atomic E-state index is 0.759. The summed E-state index contributed by atoms with van der Waals surface area (Å²) in [6, 6.07) is 21.9. The maximum Gasteiger partial charge on any atom is 0.129 e. The molecule has 3 aromatic carbocycles. The van der Waals surface area contributed by atoms with E-state index in [0.717, 1.165) is 60.5 Å². The molecule has 1 heterocycles. The molecule has 3 aromatic rings. The van der Waals surface area contributed by atoms with Gasteiger partial charge in [0.05, 0.1) is 26.0 Å². The third-order valence-electron chi connectivity index (χ3n) is 5.04. The van der Waals surface area contributed by atoms with E-state index in [1.54, 1.807) is 7.11 Å². The molecule has 0 saturated carbocycles. The second kappa shape index (κ2) is 9.46. The summed E-state index contributed by atoms with van der Waals surface area (Å²) in [5, 5.41) is 0. The van der Waals surface area contributed by atoms with E-state index < -0.39 is 0 Å². The first-order valence-electron chi connectivity index (χ1n) is 10.1. The van der Waals surface area contributed by atoms with Gasteiger partial charge >= 0.3 is 0 Å². The molecule has 0 bridgehead atoms. The largest absolute Gasteiger partial charge is 0.496 e. The summed E-state index contributed by atoms with van der Waals surface area (Å²) in [4.78, 5) is 6.90. The van der Waals surface area contributed by atoms with E-state index in [1.165, 1.54) is 5.56 Å². The highest BCUT2D eigenvalue weighted by Crippen LogP contribution is 2.27. The second-order valence-electron chi connectivity index (χ2n) is 7.19. The molecule has 0 N–H and O–H groups in total. The van der Waals surface area contributed by atoms with Crippen molar-refractivity contribution in [3.8, 4) is 17.2 Å². The van der Waals surface area contributed by atoms with Crippen LogP contribution in [0, 0.1) is 6.92 Å². The number of ether oxygens (including phenoxy) is 3. The highest BCUT2D eigenvalue weighted by molar-refractivity contribution is 5.86. The van der Waals surface area contributed by atoms with Crippen LogP contribution < -0.4 is 14.4 Å². The average molecular weight is 402 g/mol. The normalized spacial score (nSPS) is 14.1. The number of rotatable bonds is 6. The van der Waals surface area contributed by atoms with Crippen LogP contribution in [-0.4, -0.2) is 39.6 Å². The van der Waals surface area contributed by atoms with Gasteiger partial charge in [0.1, 0.15) is 17.2 Å². The molecule has 1 saturated heterocycles. The molecule has 5 heteroatoms. The zero-order valence-electron chi connectivity index (χ0n) is 17.4. The van der Waals surface area contributed by atoms with Crippen LogP contribution in [0.3, 0.4) is 0 Å². The van der Waals surface area contributed by atoms with Crippen LogP contribution >= 0.6 is 0 Å². The lowest BCUT2D eigenvalue weighted by Crippen LogP contribution is -2.36. The molecule has 0 unspecified atom stereocenters. The number of hydrogen-bond acceptors (Lipinski definition) is 5. The Hall–Kier alpha value is -3.31. The first-order valence-corrected chi connectivity index (χ1v) is 10.1.